The zero-order valence-electron chi connectivity index (χ0n) is 25.7. The van der Waals surface area contributed by atoms with E-state index in [2.05, 4.69) is 62.5 Å². The van der Waals surface area contributed by atoms with Gasteiger partial charge in [0.1, 0.15) is 19.3 Å². The SMILES string of the molecule is CC/C=C\CC1OC1C/C=C\C/C=C\C/C=C\C/C=C\CCC(=O)OC[C@@H](O)COC(=O)CCCCCCCCC. The van der Waals surface area contributed by atoms with E-state index in [0.29, 0.717) is 25.0 Å². The van der Waals surface area contributed by atoms with E-state index in [-0.39, 0.29) is 31.6 Å². The molecule has 232 valence electrons. The summed E-state index contributed by atoms with van der Waals surface area (Å²) in [6.45, 7) is 4.03. The molecule has 0 spiro atoms. The lowest BCUT2D eigenvalue weighted by molar-refractivity contribution is -0.152. The maximum absolute atomic E-state index is 11.8. The molecule has 0 amide bonds. The van der Waals surface area contributed by atoms with Crippen molar-refractivity contribution in [3.05, 3.63) is 60.8 Å². The molecule has 6 nitrogen and oxygen atoms in total. The van der Waals surface area contributed by atoms with Crippen molar-refractivity contribution in [2.75, 3.05) is 13.2 Å². The van der Waals surface area contributed by atoms with Crippen LogP contribution in [0.5, 0.6) is 0 Å². The minimum absolute atomic E-state index is 0.144. The van der Waals surface area contributed by atoms with Crippen molar-refractivity contribution in [3.8, 4) is 0 Å². The van der Waals surface area contributed by atoms with Crippen LogP contribution in [-0.4, -0.2) is 48.6 Å². The van der Waals surface area contributed by atoms with E-state index in [1.165, 1.54) is 25.7 Å². The van der Waals surface area contributed by atoms with Gasteiger partial charge in [0.25, 0.3) is 0 Å². The predicted molar refractivity (Wildman–Crippen MR) is 168 cm³/mol. The van der Waals surface area contributed by atoms with Crippen LogP contribution in [0.25, 0.3) is 0 Å². The molecule has 41 heavy (non-hydrogen) atoms. The van der Waals surface area contributed by atoms with Crippen molar-refractivity contribution < 1.29 is 28.9 Å². The average molecular weight is 573 g/mol. The molecule has 0 aromatic heterocycles. The van der Waals surface area contributed by atoms with Crippen LogP contribution in [0.3, 0.4) is 0 Å². The van der Waals surface area contributed by atoms with Gasteiger partial charge in [0, 0.05) is 12.8 Å². The number of carbonyl (C=O) groups is 2. The van der Waals surface area contributed by atoms with Gasteiger partial charge in [-0.3, -0.25) is 9.59 Å². The van der Waals surface area contributed by atoms with Crippen molar-refractivity contribution in [2.24, 2.45) is 0 Å². The van der Waals surface area contributed by atoms with Crippen LogP contribution >= 0.6 is 0 Å². The smallest absolute Gasteiger partial charge is 0.306 e. The number of hydrogen-bond acceptors (Lipinski definition) is 6. The second-order valence-electron chi connectivity index (χ2n) is 10.6. The Hall–Kier alpha value is -2.44. The molecule has 0 aromatic carbocycles. The Morgan fingerprint density at radius 2 is 1.15 bits per heavy atom. The van der Waals surface area contributed by atoms with Crippen LogP contribution in [0.4, 0.5) is 0 Å². The molecule has 1 heterocycles. The molecule has 2 unspecified atom stereocenters. The van der Waals surface area contributed by atoms with E-state index in [0.717, 1.165) is 57.8 Å². The van der Waals surface area contributed by atoms with Crippen molar-refractivity contribution in [1.29, 1.82) is 0 Å². The lowest BCUT2D eigenvalue weighted by Gasteiger charge is -2.12. The molecule has 1 aliphatic heterocycles. The van der Waals surface area contributed by atoms with Crippen LogP contribution in [0, 0.1) is 0 Å². The molecule has 1 rings (SSSR count). The largest absolute Gasteiger partial charge is 0.463 e. The highest BCUT2D eigenvalue weighted by Crippen LogP contribution is 2.29. The zero-order valence-corrected chi connectivity index (χ0v) is 25.7. The van der Waals surface area contributed by atoms with Crippen molar-refractivity contribution in [3.63, 3.8) is 0 Å². The van der Waals surface area contributed by atoms with Gasteiger partial charge in [-0.1, -0.05) is 113 Å². The van der Waals surface area contributed by atoms with Crippen LogP contribution in [0.2, 0.25) is 0 Å². The maximum Gasteiger partial charge on any atom is 0.306 e. The van der Waals surface area contributed by atoms with Crippen LogP contribution < -0.4 is 0 Å². The van der Waals surface area contributed by atoms with Gasteiger partial charge in [-0.2, -0.15) is 0 Å². The molecule has 1 N–H and O–H groups in total. The molecule has 0 radical (unpaired) electrons. The molecule has 3 atom stereocenters. The minimum Gasteiger partial charge on any atom is -0.463 e. The summed E-state index contributed by atoms with van der Waals surface area (Å²) in [5, 5.41) is 9.89. The standard InChI is InChI=1S/C35H56O6/c1-3-5-7-8-15-19-23-27-34(37)39-29-31(36)30-40-35(38)28-24-20-17-14-12-10-9-11-13-16-18-22-26-33-32(41-33)25-21-6-4-2/h6,10-13,17-18,20-22,31-33,36H,3-5,7-9,14-16,19,23-30H2,1-2H3/b12-10-,13-11-,20-17-,21-6-,22-18-/t31-,32?,33?/m0/s1. The third kappa shape index (κ3) is 23.9. The Morgan fingerprint density at radius 1 is 0.659 bits per heavy atom. The zero-order chi connectivity index (χ0) is 29.8. The first-order valence-electron chi connectivity index (χ1n) is 16.0. The van der Waals surface area contributed by atoms with Gasteiger partial charge in [-0.05, 0) is 51.4 Å². The summed E-state index contributed by atoms with van der Waals surface area (Å²) in [5.74, 6) is -0.679. The summed E-state index contributed by atoms with van der Waals surface area (Å²) in [5.41, 5.74) is 0. The summed E-state index contributed by atoms with van der Waals surface area (Å²) in [4.78, 5) is 23.6. The number of hydrogen-bond donors (Lipinski definition) is 1. The topological polar surface area (TPSA) is 85.4 Å². The fourth-order valence-electron chi connectivity index (χ4n) is 4.15. The maximum atomic E-state index is 11.8. The van der Waals surface area contributed by atoms with Crippen molar-refractivity contribution in [2.45, 2.75) is 135 Å². The summed E-state index contributed by atoms with van der Waals surface area (Å²) < 4.78 is 15.8. The molecule has 0 bridgehead atoms. The Labute approximate surface area is 249 Å². The van der Waals surface area contributed by atoms with Gasteiger partial charge in [0.15, 0.2) is 0 Å². The first kappa shape index (κ1) is 36.6. The molecular weight excluding hydrogens is 516 g/mol. The summed E-state index contributed by atoms with van der Waals surface area (Å²) >= 11 is 0. The number of unbranched alkanes of at least 4 members (excludes halogenated alkanes) is 6. The van der Waals surface area contributed by atoms with Crippen molar-refractivity contribution >= 4 is 11.9 Å². The molecule has 6 heteroatoms. The molecule has 1 saturated heterocycles. The summed E-state index contributed by atoms with van der Waals surface area (Å²) in [6, 6.07) is 0. The second kappa shape index (κ2) is 26.5. The van der Waals surface area contributed by atoms with Crippen LogP contribution in [0.1, 0.15) is 117 Å². The number of aliphatic hydroxyl groups is 1. The predicted octanol–water partition coefficient (Wildman–Crippen LogP) is 8.26. The first-order chi connectivity index (χ1) is 20.1. The summed E-state index contributed by atoms with van der Waals surface area (Å²) in [6.07, 6.45) is 36.2. The van der Waals surface area contributed by atoms with E-state index in [1.807, 2.05) is 12.2 Å². The van der Waals surface area contributed by atoms with E-state index in [4.69, 9.17) is 14.2 Å². The van der Waals surface area contributed by atoms with E-state index < -0.39 is 6.10 Å². The number of epoxide rings is 1. The fourth-order valence-corrected chi connectivity index (χ4v) is 4.15. The second-order valence-corrected chi connectivity index (χ2v) is 10.6. The van der Waals surface area contributed by atoms with Gasteiger partial charge in [0.2, 0.25) is 0 Å². The van der Waals surface area contributed by atoms with E-state index in [9.17, 15) is 14.7 Å². The van der Waals surface area contributed by atoms with Crippen LogP contribution in [-0.2, 0) is 23.8 Å². The highest BCUT2D eigenvalue weighted by molar-refractivity contribution is 5.70. The van der Waals surface area contributed by atoms with Gasteiger partial charge in [0.05, 0.1) is 12.2 Å². The third-order valence-electron chi connectivity index (χ3n) is 6.68. The Bertz CT molecular complexity index is 809. The number of ether oxygens (including phenoxy) is 3. The molecule has 1 aliphatic rings. The Kier molecular flexibility index (Phi) is 23.6. The number of aliphatic hydroxyl groups excluding tert-OH is 1. The molecule has 0 aromatic rings. The van der Waals surface area contributed by atoms with Gasteiger partial charge >= 0.3 is 11.9 Å². The lowest BCUT2D eigenvalue weighted by atomic mass is 10.1. The number of rotatable bonds is 26. The van der Waals surface area contributed by atoms with Gasteiger partial charge < -0.3 is 19.3 Å². The molecule has 0 saturated carbocycles. The summed E-state index contributed by atoms with van der Waals surface area (Å²) in [7, 11) is 0. The Morgan fingerprint density at radius 3 is 1.73 bits per heavy atom. The molecular formula is C35H56O6. The number of esters is 2. The first-order valence-corrected chi connectivity index (χ1v) is 16.0. The lowest BCUT2D eigenvalue weighted by Crippen LogP contribution is -2.25. The quantitative estimate of drug-likeness (QED) is 0.0486. The monoisotopic (exact) mass is 572 g/mol. The highest BCUT2D eigenvalue weighted by atomic mass is 16.6. The van der Waals surface area contributed by atoms with E-state index >= 15 is 0 Å². The van der Waals surface area contributed by atoms with Gasteiger partial charge in [-0.15, -0.1) is 0 Å². The van der Waals surface area contributed by atoms with Crippen LogP contribution in [0.15, 0.2) is 60.8 Å². The number of allylic oxidation sites excluding steroid dienone is 8. The molecule has 1 fully saturated rings. The highest BCUT2D eigenvalue weighted by Gasteiger charge is 2.35. The van der Waals surface area contributed by atoms with Crippen molar-refractivity contribution in [1.82, 2.24) is 0 Å². The average Bonchev–Trinajstić information content (AvgIpc) is 3.72. The molecule has 0 aliphatic carbocycles. The Balaban J connectivity index is 1.93. The van der Waals surface area contributed by atoms with E-state index in [1.54, 1.807) is 0 Å². The van der Waals surface area contributed by atoms with Gasteiger partial charge in [-0.25, -0.2) is 0 Å². The minimum atomic E-state index is -0.995. The fraction of sp³-hybridized carbons (Fsp3) is 0.657. The third-order valence-corrected chi connectivity index (χ3v) is 6.68. The normalized spacial score (nSPS) is 17.9. The number of carbonyl (C=O) groups excluding carboxylic acids is 2.